The summed E-state index contributed by atoms with van der Waals surface area (Å²) in [7, 11) is 0. The van der Waals surface area contributed by atoms with Gasteiger partial charge in [-0.05, 0) is 52.1 Å². The van der Waals surface area contributed by atoms with Crippen molar-refractivity contribution in [2.45, 2.75) is 39.7 Å². The van der Waals surface area contributed by atoms with Crippen molar-refractivity contribution < 1.29 is 0 Å². The minimum Gasteiger partial charge on any atom is -0.313 e. The Kier molecular flexibility index (Phi) is 7.01. The SMILES string of the molecule is CCNC1CCN(CCCN(CC)CC)C1. The van der Waals surface area contributed by atoms with Crippen LogP contribution in [0.4, 0.5) is 0 Å². The zero-order chi connectivity index (χ0) is 11.8. The molecule has 0 spiro atoms. The van der Waals surface area contributed by atoms with Crippen molar-refractivity contribution in [3.05, 3.63) is 0 Å². The van der Waals surface area contributed by atoms with Crippen LogP contribution in [0.2, 0.25) is 0 Å². The van der Waals surface area contributed by atoms with Crippen LogP contribution in [-0.4, -0.2) is 61.7 Å². The van der Waals surface area contributed by atoms with Gasteiger partial charge in [0, 0.05) is 12.6 Å². The Morgan fingerprint density at radius 2 is 2.00 bits per heavy atom. The van der Waals surface area contributed by atoms with E-state index in [1.807, 2.05) is 0 Å². The summed E-state index contributed by atoms with van der Waals surface area (Å²) in [6.45, 7) is 15.3. The van der Waals surface area contributed by atoms with Gasteiger partial charge in [-0.2, -0.15) is 0 Å². The first kappa shape index (κ1) is 13.9. The van der Waals surface area contributed by atoms with Crippen molar-refractivity contribution in [3.8, 4) is 0 Å². The molecule has 16 heavy (non-hydrogen) atoms. The molecule has 0 aliphatic carbocycles. The third kappa shape index (κ3) is 4.81. The van der Waals surface area contributed by atoms with Gasteiger partial charge < -0.3 is 15.1 Å². The molecule has 0 aromatic rings. The van der Waals surface area contributed by atoms with Gasteiger partial charge >= 0.3 is 0 Å². The Bertz CT molecular complexity index is 169. The third-order valence-corrected chi connectivity index (χ3v) is 3.61. The average Bonchev–Trinajstić information content (AvgIpc) is 2.73. The molecule has 1 N–H and O–H groups in total. The van der Waals surface area contributed by atoms with Crippen LogP contribution in [0.5, 0.6) is 0 Å². The molecule has 1 unspecified atom stereocenters. The minimum atomic E-state index is 0.749. The van der Waals surface area contributed by atoms with Crippen LogP contribution >= 0.6 is 0 Å². The van der Waals surface area contributed by atoms with Gasteiger partial charge in [0.05, 0.1) is 0 Å². The number of hydrogen-bond donors (Lipinski definition) is 1. The molecule has 1 heterocycles. The first-order valence-corrected chi connectivity index (χ1v) is 6.98. The highest BCUT2D eigenvalue weighted by Crippen LogP contribution is 2.09. The molecule has 0 amide bonds. The van der Waals surface area contributed by atoms with Crippen LogP contribution in [0.3, 0.4) is 0 Å². The number of rotatable bonds is 8. The monoisotopic (exact) mass is 227 g/mol. The first-order valence-electron chi connectivity index (χ1n) is 6.98. The molecule has 96 valence electrons. The van der Waals surface area contributed by atoms with Gasteiger partial charge in [0.1, 0.15) is 0 Å². The summed E-state index contributed by atoms with van der Waals surface area (Å²) in [5.41, 5.74) is 0. The van der Waals surface area contributed by atoms with E-state index in [1.54, 1.807) is 0 Å². The van der Waals surface area contributed by atoms with Gasteiger partial charge in [-0.15, -0.1) is 0 Å². The molecular formula is C13H29N3. The molecule has 0 aromatic carbocycles. The fourth-order valence-corrected chi connectivity index (χ4v) is 2.55. The van der Waals surface area contributed by atoms with Crippen LogP contribution in [0.15, 0.2) is 0 Å². The molecule has 3 nitrogen and oxygen atoms in total. The predicted molar refractivity (Wildman–Crippen MR) is 70.9 cm³/mol. The smallest absolute Gasteiger partial charge is 0.0207 e. The Hall–Kier alpha value is -0.120. The molecular weight excluding hydrogens is 198 g/mol. The van der Waals surface area contributed by atoms with Crippen molar-refractivity contribution in [2.75, 3.05) is 45.8 Å². The predicted octanol–water partition coefficient (Wildman–Crippen LogP) is 1.40. The van der Waals surface area contributed by atoms with Gasteiger partial charge in [0.25, 0.3) is 0 Å². The second kappa shape index (κ2) is 8.04. The van der Waals surface area contributed by atoms with Crippen LogP contribution in [0, 0.1) is 0 Å². The van der Waals surface area contributed by atoms with E-state index in [0.29, 0.717) is 0 Å². The molecule has 1 fully saturated rings. The van der Waals surface area contributed by atoms with E-state index in [1.165, 1.54) is 52.1 Å². The molecule has 0 aromatic heterocycles. The second-order valence-corrected chi connectivity index (χ2v) is 4.72. The van der Waals surface area contributed by atoms with E-state index in [9.17, 15) is 0 Å². The van der Waals surface area contributed by atoms with Crippen molar-refractivity contribution in [1.82, 2.24) is 15.1 Å². The largest absolute Gasteiger partial charge is 0.313 e. The maximum Gasteiger partial charge on any atom is 0.0207 e. The lowest BCUT2D eigenvalue weighted by Crippen LogP contribution is -2.33. The summed E-state index contributed by atoms with van der Waals surface area (Å²) in [6, 6.07) is 0.749. The number of nitrogens with zero attached hydrogens (tertiary/aromatic N) is 2. The van der Waals surface area contributed by atoms with Gasteiger partial charge in [-0.3, -0.25) is 0 Å². The van der Waals surface area contributed by atoms with Gasteiger partial charge in [0.2, 0.25) is 0 Å². The second-order valence-electron chi connectivity index (χ2n) is 4.72. The van der Waals surface area contributed by atoms with Crippen molar-refractivity contribution in [1.29, 1.82) is 0 Å². The molecule has 1 rings (SSSR count). The zero-order valence-corrected chi connectivity index (χ0v) is 11.3. The summed E-state index contributed by atoms with van der Waals surface area (Å²) in [5.74, 6) is 0. The highest BCUT2D eigenvalue weighted by atomic mass is 15.2. The Morgan fingerprint density at radius 3 is 2.62 bits per heavy atom. The zero-order valence-electron chi connectivity index (χ0n) is 11.3. The maximum atomic E-state index is 3.54. The number of likely N-dealkylation sites (tertiary alicyclic amines) is 1. The van der Waals surface area contributed by atoms with Gasteiger partial charge in [-0.25, -0.2) is 0 Å². The number of likely N-dealkylation sites (N-methyl/N-ethyl adjacent to an activating group) is 1. The van der Waals surface area contributed by atoms with Crippen molar-refractivity contribution in [2.24, 2.45) is 0 Å². The fourth-order valence-electron chi connectivity index (χ4n) is 2.55. The van der Waals surface area contributed by atoms with Crippen molar-refractivity contribution in [3.63, 3.8) is 0 Å². The Balaban J connectivity index is 2.06. The topological polar surface area (TPSA) is 18.5 Å². The normalized spacial score (nSPS) is 22.1. The quantitative estimate of drug-likeness (QED) is 0.676. The van der Waals surface area contributed by atoms with E-state index in [2.05, 4.69) is 35.9 Å². The highest BCUT2D eigenvalue weighted by molar-refractivity contribution is 4.80. The standard InChI is InChI=1S/C13H29N3/c1-4-14-13-8-11-16(12-13)10-7-9-15(5-2)6-3/h13-14H,4-12H2,1-3H3. The van der Waals surface area contributed by atoms with Crippen LogP contribution in [-0.2, 0) is 0 Å². The third-order valence-electron chi connectivity index (χ3n) is 3.61. The van der Waals surface area contributed by atoms with E-state index in [4.69, 9.17) is 0 Å². The molecule has 0 saturated carbocycles. The van der Waals surface area contributed by atoms with Crippen molar-refractivity contribution >= 4 is 0 Å². The van der Waals surface area contributed by atoms with Gasteiger partial charge in [0.15, 0.2) is 0 Å². The van der Waals surface area contributed by atoms with E-state index < -0.39 is 0 Å². The van der Waals surface area contributed by atoms with Crippen LogP contribution in [0.1, 0.15) is 33.6 Å². The van der Waals surface area contributed by atoms with E-state index in [-0.39, 0.29) is 0 Å². The maximum absolute atomic E-state index is 3.54. The lowest BCUT2D eigenvalue weighted by atomic mass is 10.3. The minimum absolute atomic E-state index is 0.749. The average molecular weight is 227 g/mol. The van der Waals surface area contributed by atoms with E-state index in [0.717, 1.165) is 12.6 Å². The Morgan fingerprint density at radius 1 is 1.25 bits per heavy atom. The summed E-state index contributed by atoms with van der Waals surface area (Å²) in [4.78, 5) is 5.12. The number of hydrogen-bond acceptors (Lipinski definition) is 3. The molecule has 1 aliphatic rings. The highest BCUT2D eigenvalue weighted by Gasteiger charge is 2.20. The summed E-state index contributed by atoms with van der Waals surface area (Å²) in [5, 5.41) is 3.54. The molecule has 3 heteroatoms. The van der Waals surface area contributed by atoms with E-state index >= 15 is 0 Å². The summed E-state index contributed by atoms with van der Waals surface area (Å²) in [6.07, 6.45) is 2.65. The van der Waals surface area contributed by atoms with Crippen LogP contribution < -0.4 is 5.32 Å². The fraction of sp³-hybridized carbons (Fsp3) is 1.00. The molecule has 0 radical (unpaired) electrons. The molecule has 1 aliphatic heterocycles. The van der Waals surface area contributed by atoms with Crippen LogP contribution in [0.25, 0.3) is 0 Å². The summed E-state index contributed by atoms with van der Waals surface area (Å²) >= 11 is 0. The molecule has 1 saturated heterocycles. The number of nitrogens with one attached hydrogen (secondary N) is 1. The Labute approximate surface area is 101 Å². The summed E-state index contributed by atoms with van der Waals surface area (Å²) < 4.78 is 0. The lowest BCUT2D eigenvalue weighted by molar-refractivity contribution is 0.260. The molecule has 0 bridgehead atoms. The molecule has 1 atom stereocenters. The van der Waals surface area contributed by atoms with Gasteiger partial charge in [-0.1, -0.05) is 20.8 Å². The first-order chi connectivity index (χ1) is 7.80. The lowest BCUT2D eigenvalue weighted by Gasteiger charge is -2.21.